The molecule has 3 rings (SSSR count). The van der Waals surface area contributed by atoms with Crippen LogP contribution in [0.25, 0.3) is 0 Å². The average molecular weight is 343 g/mol. The number of amides is 1. The van der Waals surface area contributed by atoms with Gasteiger partial charge in [0.05, 0.1) is 13.2 Å². The van der Waals surface area contributed by atoms with Crippen molar-refractivity contribution < 1.29 is 19.0 Å². The summed E-state index contributed by atoms with van der Waals surface area (Å²) in [4.78, 5) is 11.9. The number of hydrogen-bond acceptors (Lipinski definition) is 5. The molecule has 1 unspecified atom stereocenters. The van der Waals surface area contributed by atoms with Crippen molar-refractivity contribution in [3.05, 3.63) is 23.8 Å². The largest absolute Gasteiger partial charge is 0.486 e. The van der Waals surface area contributed by atoms with Crippen LogP contribution in [-0.2, 0) is 16.0 Å². The Balaban J connectivity index is 0.00000192. The number of hydrogen-bond donors (Lipinski definition) is 2. The van der Waals surface area contributed by atoms with E-state index in [1.807, 2.05) is 18.2 Å². The number of rotatable bonds is 5. The quantitative estimate of drug-likeness (QED) is 0.832. The highest BCUT2D eigenvalue weighted by molar-refractivity contribution is 5.85. The highest BCUT2D eigenvalue weighted by atomic mass is 35.5. The second kappa shape index (κ2) is 8.96. The summed E-state index contributed by atoms with van der Waals surface area (Å²) in [7, 11) is 0. The van der Waals surface area contributed by atoms with Crippen LogP contribution < -0.4 is 20.1 Å². The summed E-state index contributed by atoms with van der Waals surface area (Å²) in [6.07, 6.45) is 1.23. The molecule has 1 fully saturated rings. The van der Waals surface area contributed by atoms with Gasteiger partial charge in [-0.25, -0.2) is 0 Å². The molecule has 0 spiro atoms. The lowest BCUT2D eigenvalue weighted by Crippen LogP contribution is -2.44. The zero-order chi connectivity index (χ0) is 15.2. The van der Waals surface area contributed by atoms with Gasteiger partial charge in [0.1, 0.15) is 13.2 Å². The van der Waals surface area contributed by atoms with Crippen LogP contribution in [0.4, 0.5) is 0 Å². The molecule has 1 aromatic carbocycles. The summed E-state index contributed by atoms with van der Waals surface area (Å²) in [6, 6.07) is 6.05. The van der Waals surface area contributed by atoms with E-state index >= 15 is 0 Å². The van der Waals surface area contributed by atoms with Crippen LogP contribution in [0.2, 0.25) is 0 Å². The van der Waals surface area contributed by atoms with E-state index in [4.69, 9.17) is 14.2 Å². The Hall–Kier alpha value is -1.50. The number of fused-ring (bicyclic) bond motifs is 1. The second-order valence-electron chi connectivity index (χ2n) is 5.51. The maximum atomic E-state index is 11.9. The fraction of sp³-hybridized carbons (Fsp3) is 0.562. The fourth-order valence-corrected chi connectivity index (χ4v) is 2.64. The van der Waals surface area contributed by atoms with Crippen molar-refractivity contribution in [2.24, 2.45) is 0 Å². The van der Waals surface area contributed by atoms with Crippen LogP contribution >= 0.6 is 12.4 Å². The standard InChI is InChI=1S/C16H22N2O4.ClH/c19-16(10-13-11-20-6-5-17-13)18-4-3-12-1-2-14-15(9-12)22-8-7-21-14;/h1-2,9,13,17H,3-8,10-11H2,(H,18,19);1H. The van der Waals surface area contributed by atoms with Gasteiger partial charge in [0, 0.05) is 25.6 Å². The van der Waals surface area contributed by atoms with Gasteiger partial charge in [-0.1, -0.05) is 6.07 Å². The maximum absolute atomic E-state index is 11.9. The molecule has 128 valence electrons. The lowest BCUT2D eigenvalue weighted by molar-refractivity contribution is -0.122. The number of carbonyl (C=O) groups is 1. The number of halogens is 1. The van der Waals surface area contributed by atoms with Crippen molar-refractivity contribution in [3.63, 3.8) is 0 Å². The summed E-state index contributed by atoms with van der Waals surface area (Å²) in [5.41, 5.74) is 1.13. The van der Waals surface area contributed by atoms with Crippen molar-refractivity contribution in [1.82, 2.24) is 10.6 Å². The van der Waals surface area contributed by atoms with Crippen molar-refractivity contribution in [1.29, 1.82) is 0 Å². The molecule has 1 aromatic rings. The Morgan fingerprint density at radius 1 is 1.22 bits per heavy atom. The molecule has 7 heteroatoms. The van der Waals surface area contributed by atoms with E-state index in [0.717, 1.165) is 36.6 Å². The zero-order valence-corrected chi connectivity index (χ0v) is 13.8. The Morgan fingerprint density at radius 3 is 2.83 bits per heavy atom. The first-order valence-electron chi connectivity index (χ1n) is 7.77. The SMILES string of the molecule is Cl.O=C(CC1COCCN1)NCCc1ccc2c(c1)OCCO2. The first-order valence-corrected chi connectivity index (χ1v) is 7.77. The average Bonchev–Trinajstić information content (AvgIpc) is 2.55. The minimum atomic E-state index is 0. The van der Waals surface area contributed by atoms with E-state index < -0.39 is 0 Å². The smallest absolute Gasteiger partial charge is 0.221 e. The Labute approximate surface area is 142 Å². The summed E-state index contributed by atoms with van der Waals surface area (Å²) in [5, 5.41) is 6.23. The normalized spacial score (nSPS) is 19.6. The molecule has 2 aliphatic heterocycles. The molecule has 0 radical (unpaired) electrons. The number of carbonyl (C=O) groups excluding carboxylic acids is 1. The van der Waals surface area contributed by atoms with Crippen LogP contribution in [0, 0.1) is 0 Å². The Bertz CT molecular complexity index is 521. The first-order chi connectivity index (χ1) is 10.8. The third-order valence-electron chi connectivity index (χ3n) is 3.77. The molecule has 2 N–H and O–H groups in total. The van der Waals surface area contributed by atoms with Gasteiger partial charge in [-0.15, -0.1) is 12.4 Å². The number of ether oxygens (including phenoxy) is 3. The van der Waals surface area contributed by atoms with Crippen molar-refractivity contribution in [2.45, 2.75) is 18.9 Å². The first kappa shape index (κ1) is 17.8. The van der Waals surface area contributed by atoms with Gasteiger partial charge in [0.25, 0.3) is 0 Å². The van der Waals surface area contributed by atoms with E-state index in [0.29, 0.717) is 32.8 Å². The predicted octanol–water partition coefficient (Wildman–Crippen LogP) is 0.917. The highest BCUT2D eigenvalue weighted by Crippen LogP contribution is 2.30. The van der Waals surface area contributed by atoms with Crippen LogP contribution in [-0.4, -0.2) is 51.5 Å². The van der Waals surface area contributed by atoms with Crippen LogP contribution in [0.5, 0.6) is 11.5 Å². The zero-order valence-electron chi connectivity index (χ0n) is 13.0. The lowest BCUT2D eigenvalue weighted by Gasteiger charge is -2.23. The van der Waals surface area contributed by atoms with Gasteiger partial charge in [-0.2, -0.15) is 0 Å². The molecular weight excluding hydrogens is 320 g/mol. The minimum Gasteiger partial charge on any atom is -0.486 e. The van der Waals surface area contributed by atoms with E-state index in [9.17, 15) is 4.79 Å². The van der Waals surface area contributed by atoms with Crippen molar-refractivity contribution in [2.75, 3.05) is 39.5 Å². The molecule has 2 aliphatic rings. The maximum Gasteiger partial charge on any atom is 0.221 e. The summed E-state index contributed by atoms with van der Waals surface area (Å²) < 4.78 is 16.4. The van der Waals surface area contributed by atoms with E-state index in [-0.39, 0.29) is 24.4 Å². The Morgan fingerprint density at radius 2 is 2.04 bits per heavy atom. The fourth-order valence-electron chi connectivity index (χ4n) is 2.64. The number of nitrogens with one attached hydrogen (secondary N) is 2. The highest BCUT2D eigenvalue weighted by Gasteiger charge is 2.16. The molecule has 0 bridgehead atoms. The summed E-state index contributed by atoms with van der Waals surface area (Å²) in [6.45, 7) is 3.95. The third kappa shape index (κ3) is 5.27. The molecule has 1 atom stereocenters. The molecule has 0 aliphatic carbocycles. The van der Waals surface area contributed by atoms with E-state index in [1.165, 1.54) is 0 Å². The summed E-state index contributed by atoms with van der Waals surface area (Å²) >= 11 is 0. The third-order valence-corrected chi connectivity index (χ3v) is 3.77. The van der Waals surface area contributed by atoms with E-state index in [2.05, 4.69) is 10.6 Å². The molecule has 0 aromatic heterocycles. The van der Waals surface area contributed by atoms with Gasteiger partial charge in [-0.05, 0) is 24.1 Å². The molecule has 2 heterocycles. The predicted molar refractivity (Wildman–Crippen MR) is 88.6 cm³/mol. The molecule has 23 heavy (non-hydrogen) atoms. The molecule has 6 nitrogen and oxygen atoms in total. The van der Waals surface area contributed by atoms with Gasteiger partial charge >= 0.3 is 0 Å². The molecular formula is C16H23ClN2O4. The van der Waals surface area contributed by atoms with Crippen molar-refractivity contribution >= 4 is 18.3 Å². The molecule has 0 saturated carbocycles. The van der Waals surface area contributed by atoms with Gasteiger partial charge < -0.3 is 24.8 Å². The Kier molecular flexibility index (Phi) is 6.95. The lowest BCUT2D eigenvalue weighted by atomic mass is 10.1. The van der Waals surface area contributed by atoms with Crippen LogP contribution in [0.1, 0.15) is 12.0 Å². The van der Waals surface area contributed by atoms with Crippen LogP contribution in [0.3, 0.4) is 0 Å². The number of morpholine rings is 1. The topological polar surface area (TPSA) is 68.8 Å². The van der Waals surface area contributed by atoms with E-state index in [1.54, 1.807) is 0 Å². The van der Waals surface area contributed by atoms with Gasteiger partial charge in [0.2, 0.25) is 5.91 Å². The van der Waals surface area contributed by atoms with Gasteiger partial charge in [-0.3, -0.25) is 4.79 Å². The second-order valence-corrected chi connectivity index (χ2v) is 5.51. The van der Waals surface area contributed by atoms with Crippen molar-refractivity contribution in [3.8, 4) is 11.5 Å². The molecule has 1 amide bonds. The minimum absolute atomic E-state index is 0. The summed E-state index contributed by atoms with van der Waals surface area (Å²) in [5.74, 6) is 1.64. The molecule has 1 saturated heterocycles. The number of benzene rings is 1. The van der Waals surface area contributed by atoms with Crippen LogP contribution in [0.15, 0.2) is 18.2 Å². The van der Waals surface area contributed by atoms with Gasteiger partial charge in [0.15, 0.2) is 11.5 Å². The monoisotopic (exact) mass is 342 g/mol.